The maximum Gasteiger partial charge on any atom is 0.254 e. The van der Waals surface area contributed by atoms with Gasteiger partial charge in [-0.05, 0) is 6.92 Å². The summed E-state index contributed by atoms with van der Waals surface area (Å²) in [5.41, 5.74) is 0.887. The average molecular weight is 245 g/mol. The van der Waals surface area contributed by atoms with Crippen molar-refractivity contribution in [1.29, 1.82) is 0 Å². The van der Waals surface area contributed by atoms with Crippen molar-refractivity contribution < 1.29 is 4.52 Å². The number of nitrogens with zero attached hydrogens (tertiary/aromatic N) is 6. The van der Waals surface area contributed by atoms with E-state index in [9.17, 15) is 0 Å². The molecule has 0 spiro atoms. The summed E-state index contributed by atoms with van der Waals surface area (Å²) >= 11 is 0. The molecule has 0 bridgehead atoms. The molecular weight excluding hydrogens is 234 g/mol. The molecule has 0 atom stereocenters. The monoisotopic (exact) mass is 245 g/mol. The minimum atomic E-state index is 0.581. The fourth-order valence-electron chi connectivity index (χ4n) is 1.66. The van der Waals surface area contributed by atoms with Crippen LogP contribution in [0.2, 0.25) is 0 Å². The van der Waals surface area contributed by atoms with E-state index in [1.165, 1.54) is 12.7 Å². The maximum absolute atomic E-state index is 4.67. The molecule has 3 rings (SSSR count). The lowest BCUT2D eigenvalue weighted by molar-refractivity contribution is 0.410. The van der Waals surface area contributed by atoms with Gasteiger partial charge in [-0.3, -0.25) is 0 Å². The first-order valence-electron chi connectivity index (χ1n) is 5.49. The first-order chi connectivity index (χ1) is 8.83. The van der Waals surface area contributed by atoms with Crippen LogP contribution in [0.5, 0.6) is 0 Å². The summed E-state index contributed by atoms with van der Waals surface area (Å²) in [7, 11) is 0. The van der Waals surface area contributed by atoms with Gasteiger partial charge in [-0.2, -0.15) is 19.6 Å². The molecule has 0 fully saturated rings. The summed E-state index contributed by atoms with van der Waals surface area (Å²) in [4.78, 5) is 12.3. The van der Waals surface area contributed by atoms with Crippen LogP contribution in [-0.4, -0.2) is 36.3 Å². The molecule has 0 saturated heterocycles. The molecule has 8 nitrogen and oxygen atoms in total. The molecule has 0 aliphatic carbocycles. The third-order valence-corrected chi connectivity index (χ3v) is 2.44. The Morgan fingerprint density at radius 2 is 2.33 bits per heavy atom. The molecule has 3 heterocycles. The Morgan fingerprint density at radius 3 is 3.17 bits per heavy atom. The lowest BCUT2D eigenvalue weighted by Crippen LogP contribution is -2.10. The predicted molar refractivity (Wildman–Crippen MR) is 62.0 cm³/mol. The molecule has 92 valence electrons. The Balaban J connectivity index is 1.75. The normalized spacial score (nSPS) is 10.9. The van der Waals surface area contributed by atoms with Gasteiger partial charge in [0, 0.05) is 24.7 Å². The molecular formula is C10H11N7O. The van der Waals surface area contributed by atoms with Gasteiger partial charge in [0.25, 0.3) is 5.78 Å². The number of hydrogen-bond acceptors (Lipinski definition) is 7. The molecule has 0 amide bonds. The zero-order chi connectivity index (χ0) is 12.4. The second-order valence-electron chi connectivity index (χ2n) is 3.78. The summed E-state index contributed by atoms with van der Waals surface area (Å²) in [6.07, 6.45) is 3.47. The lowest BCUT2D eigenvalue weighted by Gasteiger charge is -2.07. The molecule has 1 N–H and O–H groups in total. The van der Waals surface area contributed by atoms with Crippen LogP contribution in [0.4, 0.5) is 5.82 Å². The van der Waals surface area contributed by atoms with E-state index in [1.807, 2.05) is 13.0 Å². The van der Waals surface area contributed by atoms with Gasteiger partial charge in [-0.25, -0.2) is 4.98 Å². The Hall–Kier alpha value is -2.51. The van der Waals surface area contributed by atoms with Crippen LogP contribution >= 0.6 is 0 Å². The van der Waals surface area contributed by atoms with Crippen LogP contribution in [0.15, 0.2) is 23.3 Å². The third kappa shape index (κ3) is 1.99. The highest BCUT2D eigenvalue weighted by Crippen LogP contribution is 2.09. The van der Waals surface area contributed by atoms with Crippen molar-refractivity contribution in [2.75, 3.05) is 11.9 Å². The Morgan fingerprint density at radius 1 is 1.39 bits per heavy atom. The number of aryl methyl sites for hydroxylation is 1. The molecule has 0 aliphatic rings. The number of hydrogen-bond donors (Lipinski definition) is 1. The third-order valence-electron chi connectivity index (χ3n) is 2.44. The number of aromatic nitrogens is 6. The van der Waals surface area contributed by atoms with Crippen LogP contribution in [-0.2, 0) is 6.42 Å². The average Bonchev–Trinajstić information content (AvgIpc) is 2.98. The molecule has 0 unspecified atom stereocenters. The topological polar surface area (TPSA) is 94.0 Å². The minimum absolute atomic E-state index is 0.581. The molecule has 0 radical (unpaired) electrons. The van der Waals surface area contributed by atoms with Gasteiger partial charge in [0.1, 0.15) is 12.1 Å². The number of fused-ring (bicyclic) bond motifs is 1. The Kier molecular flexibility index (Phi) is 2.60. The van der Waals surface area contributed by atoms with E-state index in [-0.39, 0.29) is 0 Å². The predicted octanol–water partition coefficient (Wildman–Crippen LogP) is 0.470. The van der Waals surface area contributed by atoms with Gasteiger partial charge in [-0.1, -0.05) is 5.16 Å². The van der Waals surface area contributed by atoms with Gasteiger partial charge in [-0.15, -0.1) is 0 Å². The maximum atomic E-state index is 4.67. The smallest absolute Gasteiger partial charge is 0.254 e. The molecule has 0 aliphatic heterocycles. The molecule has 0 aromatic carbocycles. The van der Waals surface area contributed by atoms with Gasteiger partial charge < -0.3 is 9.84 Å². The highest BCUT2D eigenvalue weighted by Gasteiger charge is 2.05. The summed E-state index contributed by atoms with van der Waals surface area (Å²) in [6.45, 7) is 2.59. The van der Waals surface area contributed by atoms with E-state index >= 15 is 0 Å². The lowest BCUT2D eigenvalue weighted by atomic mass is 10.4. The van der Waals surface area contributed by atoms with E-state index in [0.29, 0.717) is 24.6 Å². The van der Waals surface area contributed by atoms with Crippen molar-refractivity contribution in [2.24, 2.45) is 0 Å². The van der Waals surface area contributed by atoms with E-state index in [4.69, 9.17) is 0 Å². The van der Waals surface area contributed by atoms with Crippen LogP contribution in [0.1, 0.15) is 11.5 Å². The molecule has 8 heteroatoms. The summed E-state index contributed by atoms with van der Waals surface area (Å²) < 4.78 is 6.32. The summed E-state index contributed by atoms with van der Waals surface area (Å²) in [5, 5.41) is 11.1. The van der Waals surface area contributed by atoms with Crippen LogP contribution in [0, 0.1) is 6.92 Å². The standard InChI is InChI=1S/C10H11N7O/c1-7-4-9(17-10(15-7)12-5-14-17)11-3-2-8-13-6-18-16-8/h4-6,11H,2-3H2,1H3. The minimum Gasteiger partial charge on any atom is -0.369 e. The summed E-state index contributed by atoms with van der Waals surface area (Å²) in [6, 6.07) is 1.91. The quantitative estimate of drug-likeness (QED) is 0.713. The second-order valence-corrected chi connectivity index (χ2v) is 3.78. The zero-order valence-electron chi connectivity index (χ0n) is 9.74. The Labute approximate surface area is 102 Å². The van der Waals surface area contributed by atoms with Crippen LogP contribution < -0.4 is 5.32 Å². The highest BCUT2D eigenvalue weighted by atomic mass is 16.5. The molecule has 18 heavy (non-hydrogen) atoms. The summed E-state index contributed by atoms with van der Waals surface area (Å²) in [5.74, 6) is 2.10. The largest absolute Gasteiger partial charge is 0.369 e. The van der Waals surface area contributed by atoms with E-state index < -0.39 is 0 Å². The highest BCUT2D eigenvalue weighted by molar-refractivity contribution is 5.44. The van der Waals surface area contributed by atoms with Crippen molar-refractivity contribution in [2.45, 2.75) is 13.3 Å². The number of nitrogens with one attached hydrogen (secondary N) is 1. The van der Waals surface area contributed by atoms with Crippen molar-refractivity contribution in [1.82, 2.24) is 29.7 Å². The zero-order valence-corrected chi connectivity index (χ0v) is 9.74. The van der Waals surface area contributed by atoms with Gasteiger partial charge >= 0.3 is 0 Å². The van der Waals surface area contributed by atoms with Gasteiger partial charge in [0.05, 0.1) is 0 Å². The van der Waals surface area contributed by atoms with E-state index in [0.717, 1.165) is 11.5 Å². The Bertz CT molecular complexity index is 645. The van der Waals surface area contributed by atoms with Crippen molar-refractivity contribution >= 4 is 11.6 Å². The van der Waals surface area contributed by atoms with Gasteiger partial charge in [0.15, 0.2) is 5.82 Å². The van der Waals surface area contributed by atoms with Crippen LogP contribution in [0.3, 0.4) is 0 Å². The molecule has 0 saturated carbocycles. The first-order valence-corrected chi connectivity index (χ1v) is 5.49. The molecule has 3 aromatic heterocycles. The van der Waals surface area contributed by atoms with Gasteiger partial charge in [0.2, 0.25) is 6.39 Å². The van der Waals surface area contributed by atoms with E-state index in [1.54, 1.807) is 4.52 Å². The van der Waals surface area contributed by atoms with Crippen LogP contribution in [0.25, 0.3) is 5.78 Å². The fraction of sp³-hybridized carbons (Fsp3) is 0.300. The van der Waals surface area contributed by atoms with Crippen molar-refractivity contribution in [3.8, 4) is 0 Å². The number of anilines is 1. The second kappa shape index (κ2) is 4.40. The number of rotatable bonds is 4. The van der Waals surface area contributed by atoms with Crippen molar-refractivity contribution in [3.05, 3.63) is 30.3 Å². The van der Waals surface area contributed by atoms with Crippen molar-refractivity contribution in [3.63, 3.8) is 0 Å². The SMILES string of the molecule is Cc1cc(NCCc2ncon2)n2ncnc2n1. The molecule has 3 aromatic rings. The van der Waals surface area contributed by atoms with E-state index in [2.05, 4.69) is 35.0 Å². The fourth-order valence-corrected chi connectivity index (χ4v) is 1.66. The first kappa shape index (κ1) is 10.6.